The summed E-state index contributed by atoms with van der Waals surface area (Å²) in [6, 6.07) is 3.62. The third-order valence-electron chi connectivity index (χ3n) is 2.50. The highest BCUT2D eigenvalue weighted by Gasteiger charge is 2.11. The van der Waals surface area contributed by atoms with Crippen LogP contribution in [0.25, 0.3) is 11.4 Å². The second-order valence-corrected chi connectivity index (χ2v) is 4.27. The van der Waals surface area contributed by atoms with Crippen molar-refractivity contribution in [1.29, 1.82) is 0 Å². The van der Waals surface area contributed by atoms with Crippen LogP contribution in [0.2, 0.25) is 0 Å². The Bertz CT molecular complexity index is 637. The Balaban J connectivity index is 2.60. The first-order valence-electron chi connectivity index (χ1n) is 5.49. The summed E-state index contributed by atoms with van der Waals surface area (Å²) in [4.78, 5) is 14.6. The van der Waals surface area contributed by atoms with Gasteiger partial charge in [0.1, 0.15) is 0 Å². The molecular weight excluding hydrogens is 236 g/mol. The molecule has 6 heteroatoms. The van der Waals surface area contributed by atoms with E-state index in [2.05, 4.69) is 22.1 Å². The number of aryl methyl sites for hydroxylation is 1. The molecule has 0 aliphatic rings. The molecular formula is C11H14N4OS. The molecule has 0 bridgehead atoms. The van der Waals surface area contributed by atoms with Crippen molar-refractivity contribution in [3.63, 3.8) is 0 Å². The van der Waals surface area contributed by atoms with Gasteiger partial charge >= 0.3 is 0 Å². The van der Waals surface area contributed by atoms with Crippen molar-refractivity contribution in [3.05, 3.63) is 33.0 Å². The number of rotatable bonds is 3. The van der Waals surface area contributed by atoms with Gasteiger partial charge in [-0.25, -0.2) is 0 Å². The summed E-state index contributed by atoms with van der Waals surface area (Å²) in [5.74, 6) is 0.595. The fraction of sp³-hybridized carbons (Fsp3) is 0.364. The Morgan fingerprint density at radius 2 is 2.24 bits per heavy atom. The van der Waals surface area contributed by atoms with Gasteiger partial charge in [-0.3, -0.25) is 9.89 Å². The lowest BCUT2D eigenvalue weighted by atomic mass is 10.2. The summed E-state index contributed by atoms with van der Waals surface area (Å²) in [5.41, 5.74) is 1.22. The smallest absolute Gasteiger partial charge is 0.259 e. The number of aromatic nitrogens is 4. The molecule has 0 fully saturated rings. The minimum Gasteiger partial charge on any atom is -0.326 e. The maximum atomic E-state index is 11.8. The molecule has 2 aromatic rings. The summed E-state index contributed by atoms with van der Waals surface area (Å²) in [5, 5.41) is 6.85. The van der Waals surface area contributed by atoms with E-state index in [1.165, 1.54) is 0 Å². The van der Waals surface area contributed by atoms with Gasteiger partial charge < -0.3 is 9.55 Å². The zero-order valence-electron chi connectivity index (χ0n) is 9.78. The minimum atomic E-state index is -0.142. The van der Waals surface area contributed by atoms with Gasteiger partial charge in [0.25, 0.3) is 5.56 Å². The normalized spacial score (nSPS) is 10.7. The molecule has 2 heterocycles. The molecule has 0 aliphatic heterocycles. The van der Waals surface area contributed by atoms with Crippen molar-refractivity contribution >= 4 is 12.2 Å². The Hall–Kier alpha value is -1.69. The van der Waals surface area contributed by atoms with Crippen LogP contribution in [0.15, 0.2) is 16.9 Å². The number of hydrogen-bond acceptors (Lipinski definition) is 3. The number of pyridine rings is 1. The fourth-order valence-electron chi connectivity index (χ4n) is 1.70. The van der Waals surface area contributed by atoms with E-state index in [0.717, 1.165) is 18.7 Å². The maximum absolute atomic E-state index is 11.8. The summed E-state index contributed by atoms with van der Waals surface area (Å²) in [6.07, 6.45) is 0.935. The highest BCUT2D eigenvalue weighted by molar-refractivity contribution is 7.71. The molecule has 0 saturated heterocycles. The lowest BCUT2D eigenvalue weighted by molar-refractivity contribution is 0.674. The van der Waals surface area contributed by atoms with E-state index in [4.69, 9.17) is 12.2 Å². The van der Waals surface area contributed by atoms with E-state index in [9.17, 15) is 4.79 Å². The van der Waals surface area contributed by atoms with Gasteiger partial charge in [-0.05, 0) is 37.7 Å². The maximum Gasteiger partial charge on any atom is 0.259 e. The third kappa shape index (κ3) is 2.21. The van der Waals surface area contributed by atoms with Gasteiger partial charge in [0.15, 0.2) is 10.6 Å². The van der Waals surface area contributed by atoms with Crippen LogP contribution >= 0.6 is 12.2 Å². The zero-order valence-corrected chi connectivity index (χ0v) is 10.6. The van der Waals surface area contributed by atoms with Crippen LogP contribution in [0.3, 0.4) is 0 Å². The van der Waals surface area contributed by atoms with Crippen LogP contribution in [0, 0.1) is 11.7 Å². The summed E-state index contributed by atoms with van der Waals surface area (Å²) in [7, 11) is 0. The molecule has 0 spiro atoms. The topological polar surface area (TPSA) is 66.5 Å². The van der Waals surface area contributed by atoms with Gasteiger partial charge in [-0.1, -0.05) is 6.92 Å². The predicted molar refractivity (Wildman–Crippen MR) is 68.5 cm³/mol. The quantitative estimate of drug-likeness (QED) is 0.819. The Morgan fingerprint density at radius 1 is 1.47 bits per heavy atom. The summed E-state index contributed by atoms with van der Waals surface area (Å²) < 4.78 is 2.39. The van der Waals surface area contributed by atoms with Crippen LogP contribution in [-0.4, -0.2) is 19.7 Å². The summed E-state index contributed by atoms with van der Waals surface area (Å²) in [6.45, 7) is 4.64. The largest absolute Gasteiger partial charge is 0.326 e. The van der Waals surface area contributed by atoms with E-state index in [-0.39, 0.29) is 5.56 Å². The van der Waals surface area contributed by atoms with Gasteiger partial charge in [-0.2, -0.15) is 5.10 Å². The lowest BCUT2D eigenvalue weighted by Gasteiger charge is -2.04. The van der Waals surface area contributed by atoms with Crippen molar-refractivity contribution in [2.75, 3.05) is 0 Å². The molecule has 0 radical (unpaired) electrons. The molecule has 5 nitrogen and oxygen atoms in total. The van der Waals surface area contributed by atoms with E-state index >= 15 is 0 Å². The molecule has 17 heavy (non-hydrogen) atoms. The summed E-state index contributed by atoms with van der Waals surface area (Å²) >= 11 is 5.14. The average molecular weight is 250 g/mol. The molecule has 90 valence electrons. The van der Waals surface area contributed by atoms with E-state index in [1.807, 2.05) is 17.6 Å². The number of H-pyrrole nitrogens is 2. The molecule has 0 amide bonds. The van der Waals surface area contributed by atoms with E-state index in [1.54, 1.807) is 6.07 Å². The number of hydrogen-bond donors (Lipinski definition) is 2. The minimum absolute atomic E-state index is 0.142. The molecule has 2 N–H and O–H groups in total. The fourth-order valence-corrected chi connectivity index (χ4v) is 1.93. The first-order valence-corrected chi connectivity index (χ1v) is 5.89. The molecule has 2 rings (SSSR count). The van der Waals surface area contributed by atoms with Crippen molar-refractivity contribution in [2.24, 2.45) is 0 Å². The van der Waals surface area contributed by atoms with Crippen molar-refractivity contribution < 1.29 is 0 Å². The van der Waals surface area contributed by atoms with Gasteiger partial charge in [0.05, 0.1) is 5.56 Å². The predicted octanol–water partition coefficient (Wildman–Crippen LogP) is 2.01. The zero-order chi connectivity index (χ0) is 12.4. The standard InChI is InChI=1S/C11H14N4OS/c1-3-6-15-9(13-14-11(15)17)8-5-4-7(2)12-10(8)16/h4-5H,3,6H2,1-2H3,(H,12,16)(H,14,17). The lowest BCUT2D eigenvalue weighted by Crippen LogP contribution is -2.13. The second-order valence-electron chi connectivity index (χ2n) is 3.89. The molecule has 2 aromatic heterocycles. The van der Waals surface area contributed by atoms with Gasteiger partial charge in [0, 0.05) is 12.2 Å². The molecule has 0 saturated carbocycles. The molecule has 0 unspecified atom stereocenters. The van der Waals surface area contributed by atoms with Crippen LogP contribution in [0.4, 0.5) is 0 Å². The molecule has 0 atom stereocenters. The molecule has 0 aromatic carbocycles. The monoisotopic (exact) mass is 250 g/mol. The highest BCUT2D eigenvalue weighted by atomic mass is 32.1. The van der Waals surface area contributed by atoms with Crippen LogP contribution in [-0.2, 0) is 6.54 Å². The Morgan fingerprint density at radius 3 is 2.88 bits per heavy atom. The number of aromatic amines is 2. The first kappa shape index (κ1) is 11.8. The average Bonchev–Trinajstić information content (AvgIpc) is 2.62. The van der Waals surface area contributed by atoms with Crippen LogP contribution < -0.4 is 5.56 Å². The SMILES string of the molecule is CCCn1c(-c2ccc(C)[nH]c2=O)n[nH]c1=S. The Labute approximate surface area is 104 Å². The second kappa shape index (κ2) is 4.67. The van der Waals surface area contributed by atoms with Crippen LogP contribution in [0.1, 0.15) is 19.0 Å². The highest BCUT2D eigenvalue weighted by Crippen LogP contribution is 2.13. The van der Waals surface area contributed by atoms with Crippen molar-refractivity contribution in [3.8, 4) is 11.4 Å². The van der Waals surface area contributed by atoms with Crippen molar-refractivity contribution in [2.45, 2.75) is 26.8 Å². The van der Waals surface area contributed by atoms with Crippen molar-refractivity contribution in [1.82, 2.24) is 19.7 Å². The number of nitrogens with one attached hydrogen (secondary N) is 2. The van der Waals surface area contributed by atoms with E-state index in [0.29, 0.717) is 16.2 Å². The third-order valence-corrected chi connectivity index (χ3v) is 2.81. The Kier molecular flexibility index (Phi) is 3.23. The molecule has 0 aliphatic carbocycles. The van der Waals surface area contributed by atoms with Gasteiger partial charge in [-0.15, -0.1) is 0 Å². The van der Waals surface area contributed by atoms with E-state index < -0.39 is 0 Å². The number of nitrogens with zero attached hydrogens (tertiary/aromatic N) is 2. The van der Waals surface area contributed by atoms with Crippen LogP contribution in [0.5, 0.6) is 0 Å². The van der Waals surface area contributed by atoms with Gasteiger partial charge in [0.2, 0.25) is 0 Å². The first-order chi connectivity index (χ1) is 8.13.